The molecule has 0 spiro atoms. The lowest BCUT2D eigenvalue weighted by molar-refractivity contribution is 0.558. The molecule has 16 heavy (non-hydrogen) atoms. The van der Waals surface area contributed by atoms with Crippen molar-refractivity contribution in [3.63, 3.8) is 0 Å². The van der Waals surface area contributed by atoms with Crippen LogP contribution >= 0.6 is 23.2 Å². The highest BCUT2D eigenvalue weighted by molar-refractivity contribution is 6.33. The molecule has 0 aliphatic rings. The summed E-state index contributed by atoms with van der Waals surface area (Å²) in [6.45, 7) is 0. The van der Waals surface area contributed by atoms with Gasteiger partial charge in [-0.2, -0.15) is 0 Å². The molecule has 2 rings (SSSR count). The summed E-state index contributed by atoms with van der Waals surface area (Å²) in [6, 6.07) is 7.10. The van der Waals surface area contributed by atoms with Gasteiger partial charge in [0.05, 0.1) is 12.5 Å². The monoisotopic (exact) mass is 255 g/mol. The van der Waals surface area contributed by atoms with Gasteiger partial charge in [0.25, 0.3) is 0 Å². The van der Waals surface area contributed by atoms with Crippen LogP contribution in [0.25, 0.3) is 0 Å². The minimum absolute atomic E-state index is 0.130. The standard InChI is InChI=1S/C12H11Cl2NO/c13-10-1-2-11(14)9(5-10)6-12(15)8-3-4-16-7-8/h1-5,7,12H,6,15H2. The van der Waals surface area contributed by atoms with E-state index in [1.54, 1.807) is 24.7 Å². The fourth-order valence-electron chi connectivity index (χ4n) is 1.54. The molecule has 0 saturated carbocycles. The summed E-state index contributed by atoms with van der Waals surface area (Å²) in [6.07, 6.45) is 3.89. The van der Waals surface area contributed by atoms with Gasteiger partial charge in [0.15, 0.2) is 0 Å². The van der Waals surface area contributed by atoms with Crippen molar-refractivity contribution >= 4 is 23.2 Å². The first-order chi connectivity index (χ1) is 7.66. The molecule has 2 aromatic rings. The molecule has 4 heteroatoms. The normalized spacial score (nSPS) is 12.7. The van der Waals surface area contributed by atoms with E-state index in [9.17, 15) is 0 Å². The van der Waals surface area contributed by atoms with Crippen molar-refractivity contribution < 1.29 is 4.42 Å². The molecule has 1 aromatic carbocycles. The Bertz CT molecular complexity index is 468. The quantitative estimate of drug-likeness (QED) is 0.906. The average Bonchev–Trinajstić information content (AvgIpc) is 2.76. The first-order valence-corrected chi connectivity index (χ1v) is 5.64. The SMILES string of the molecule is NC(Cc1cc(Cl)ccc1Cl)c1ccoc1. The Hall–Kier alpha value is -0.960. The smallest absolute Gasteiger partial charge is 0.0950 e. The van der Waals surface area contributed by atoms with Crippen LogP contribution in [0.4, 0.5) is 0 Å². The lowest BCUT2D eigenvalue weighted by atomic mass is 10.0. The van der Waals surface area contributed by atoms with Crippen LogP contribution in [-0.4, -0.2) is 0 Å². The molecule has 0 amide bonds. The third-order valence-electron chi connectivity index (χ3n) is 2.42. The second kappa shape index (κ2) is 4.91. The van der Waals surface area contributed by atoms with E-state index < -0.39 is 0 Å². The van der Waals surface area contributed by atoms with Gasteiger partial charge < -0.3 is 10.2 Å². The predicted molar refractivity (Wildman–Crippen MR) is 65.8 cm³/mol. The van der Waals surface area contributed by atoms with E-state index in [1.807, 2.05) is 12.1 Å². The molecule has 2 nitrogen and oxygen atoms in total. The minimum atomic E-state index is -0.130. The molecule has 0 aliphatic carbocycles. The molecule has 0 radical (unpaired) electrons. The number of furan rings is 1. The maximum Gasteiger partial charge on any atom is 0.0950 e. The van der Waals surface area contributed by atoms with Gasteiger partial charge in [0.1, 0.15) is 0 Å². The zero-order chi connectivity index (χ0) is 11.5. The van der Waals surface area contributed by atoms with Gasteiger partial charge in [-0.1, -0.05) is 23.2 Å². The molecular formula is C12H11Cl2NO. The van der Waals surface area contributed by atoms with Gasteiger partial charge in [0.2, 0.25) is 0 Å². The van der Waals surface area contributed by atoms with E-state index in [1.165, 1.54) is 0 Å². The lowest BCUT2D eigenvalue weighted by Crippen LogP contribution is -2.12. The molecule has 84 valence electrons. The van der Waals surface area contributed by atoms with Gasteiger partial charge in [-0.25, -0.2) is 0 Å². The number of nitrogens with two attached hydrogens (primary N) is 1. The second-order valence-electron chi connectivity index (χ2n) is 3.60. The molecule has 1 unspecified atom stereocenters. The van der Waals surface area contributed by atoms with E-state index in [0.717, 1.165) is 11.1 Å². The highest BCUT2D eigenvalue weighted by atomic mass is 35.5. The summed E-state index contributed by atoms with van der Waals surface area (Å²) >= 11 is 12.0. The Kier molecular flexibility index (Phi) is 3.54. The van der Waals surface area contributed by atoms with Crippen LogP contribution in [-0.2, 0) is 6.42 Å². The van der Waals surface area contributed by atoms with Crippen LogP contribution in [0, 0.1) is 0 Å². The summed E-state index contributed by atoms with van der Waals surface area (Å²) < 4.78 is 4.99. The van der Waals surface area contributed by atoms with Crippen LogP contribution in [0.3, 0.4) is 0 Å². The third kappa shape index (κ3) is 2.59. The lowest BCUT2D eigenvalue weighted by Gasteiger charge is -2.11. The minimum Gasteiger partial charge on any atom is -0.472 e. The molecule has 1 heterocycles. The largest absolute Gasteiger partial charge is 0.472 e. The fourth-order valence-corrected chi connectivity index (χ4v) is 1.93. The summed E-state index contributed by atoms with van der Waals surface area (Å²) in [5.74, 6) is 0. The summed E-state index contributed by atoms with van der Waals surface area (Å²) in [5, 5.41) is 1.35. The summed E-state index contributed by atoms with van der Waals surface area (Å²) in [5.41, 5.74) is 7.93. The molecule has 0 fully saturated rings. The Balaban J connectivity index is 2.17. The van der Waals surface area contributed by atoms with Gasteiger partial charge >= 0.3 is 0 Å². The predicted octanol–water partition coefficient (Wildman–Crippen LogP) is 3.83. The van der Waals surface area contributed by atoms with Gasteiger partial charge in [-0.05, 0) is 36.2 Å². The number of hydrogen-bond acceptors (Lipinski definition) is 2. The Morgan fingerprint density at radius 2 is 2.06 bits per heavy atom. The van der Waals surface area contributed by atoms with Crippen LogP contribution in [0.2, 0.25) is 10.0 Å². The maximum absolute atomic E-state index is 6.06. The van der Waals surface area contributed by atoms with E-state index >= 15 is 0 Å². The summed E-state index contributed by atoms with van der Waals surface area (Å²) in [7, 11) is 0. The van der Waals surface area contributed by atoms with Crippen molar-refractivity contribution in [3.8, 4) is 0 Å². The van der Waals surface area contributed by atoms with Crippen molar-refractivity contribution in [1.29, 1.82) is 0 Å². The van der Waals surface area contributed by atoms with E-state index in [-0.39, 0.29) is 6.04 Å². The molecule has 1 aromatic heterocycles. The maximum atomic E-state index is 6.06. The average molecular weight is 256 g/mol. The zero-order valence-electron chi connectivity index (χ0n) is 8.49. The van der Waals surface area contributed by atoms with Gasteiger partial charge in [0, 0.05) is 21.7 Å². The fraction of sp³-hybridized carbons (Fsp3) is 0.167. The van der Waals surface area contributed by atoms with E-state index in [2.05, 4.69) is 0 Å². The highest BCUT2D eigenvalue weighted by Crippen LogP contribution is 2.25. The number of benzene rings is 1. The van der Waals surface area contributed by atoms with Crippen molar-refractivity contribution in [2.45, 2.75) is 12.5 Å². The van der Waals surface area contributed by atoms with Crippen LogP contribution in [0.5, 0.6) is 0 Å². The first kappa shape index (κ1) is 11.5. The number of rotatable bonds is 3. The first-order valence-electron chi connectivity index (χ1n) is 4.88. The Morgan fingerprint density at radius 3 is 2.75 bits per heavy atom. The van der Waals surface area contributed by atoms with Crippen molar-refractivity contribution in [2.24, 2.45) is 5.73 Å². The van der Waals surface area contributed by atoms with Crippen LogP contribution in [0.15, 0.2) is 41.2 Å². The van der Waals surface area contributed by atoms with Crippen molar-refractivity contribution in [2.75, 3.05) is 0 Å². The highest BCUT2D eigenvalue weighted by Gasteiger charge is 2.10. The van der Waals surface area contributed by atoms with Gasteiger partial charge in [-0.15, -0.1) is 0 Å². The topological polar surface area (TPSA) is 39.2 Å². The molecular weight excluding hydrogens is 245 g/mol. The third-order valence-corrected chi connectivity index (χ3v) is 3.02. The molecule has 0 aliphatic heterocycles. The molecule has 0 bridgehead atoms. The second-order valence-corrected chi connectivity index (χ2v) is 4.45. The van der Waals surface area contributed by atoms with Crippen LogP contribution in [0.1, 0.15) is 17.2 Å². The van der Waals surface area contributed by atoms with Gasteiger partial charge in [-0.3, -0.25) is 0 Å². The number of halogens is 2. The van der Waals surface area contributed by atoms with Crippen LogP contribution < -0.4 is 5.73 Å². The zero-order valence-corrected chi connectivity index (χ0v) is 10.0. The van der Waals surface area contributed by atoms with E-state index in [4.69, 9.17) is 33.4 Å². The molecule has 1 atom stereocenters. The molecule has 0 saturated heterocycles. The van der Waals surface area contributed by atoms with E-state index in [0.29, 0.717) is 16.5 Å². The summed E-state index contributed by atoms with van der Waals surface area (Å²) in [4.78, 5) is 0. The molecule has 2 N–H and O–H groups in total. The Morgan fingerprint density at radius 1 is 1.25 bits per heavy atom. The number of hydrogen-bond donors (Lipinski definition) is 1. The van der Waals surface area contributed by atoms with Crippen molar-refractivity contribution in [3.05, 3.63) is 58.0 Å². The Labute approximate surface area is 104 Å². The van der Waals surface area contributed by atoms with Crippen molar-refractivity contribution in [1.82, 2.24) is 0 Å².